The number of carbonyl (C=O) groups excluding carboxylic acids is 1. The summed E-state index contributed by atoms with van der Waals surface area (Å²) in [6.45, 7) is 5.56. The van der Waals surface area contributed by atoms with Crippen molar-refractivity contribution in [1.82, 2.24) is 10.1 Å². The molecule has 0 atom stereocenters. The van der Waals surface area contributed by atoms with Crippen LogP contribution in [0.3, 0.4) is 0 Å². The summed E-state index contributed by atoms with van der Waals surface area (Å²) in [5, 5.41) is 7.21. The quantitative estimate of drug-likeness (QED) is 0.263. The largest absolute Gasteiger partial charge is 0.484 e. The monoisotopic (exact) mass is 554 g/mol. The summed E-state index contributed by atoms with van der Waals surface area (Å²) >= 11 is 6.08. The average molecular weight is 555 g/mol. The van der Waals surface area contributed by atoms with E-state index in [1.165, 1.54) is 24.3 Å². The molecule has 0 bridgehead atoms. The summed E-state index contributed by atoms with van der Waals surface area (Å²) in [5.41, 5.74) is 2.80. The summed E-state index contributed by atoms with van der Waals surface area (Å²) in [5.74, 6) is 1.38. The van der Waals surface area contributed by atoms with E-state index in [9.17, 15) is 13.2 Å². The Hall–Kier alpha value is -3.89. The number of nitrogens with one attached hydrogen (secondary N) is 2. The minimum atomic E-state index is -3.81. The first-order chi connectivity index (χ1) is 18.1. The average Bonchev–Trinajstić information content (AvgIpc) is 3.35. The summed E-state index contributed by atoms with van der Waals surface area (Å²) in [4.78, 5) is 16.7. The van der Waals surface area contributed by atoms with Crippen molar-refractivity contribution in [3.63, 3.8) is 0 Å². The van der Waals surface area contributed by atoms with Gasteiger partial charge in [-0.1, -0.05) is 48.8 Å². The van der Waals surface area contributed by atoms with Crippen LogP contribution in [-0.4, -0.2) is 31.1 Å². The molecule has 4 rings (SSSR count). The maximum absolute atomic E-state index is 12.7. The smallest absolute Gasteiger partial charge is 0.262 e. The summed E-state index contributed by atoms with van der Waals surface area (Å²) in [7, 11) is -3.81. The number of sulfonamides is 1. The van der Waals surface area contributed by atoms with Crippen LogP contribution in [0.5, 0.6) is 5.75 Å². The van der Waals surface area contributed by atoms with Crippen LogP contribution in [-0.2, 0) is 21.2 Å². The standard InChI is InChI=1S/C27H27ClN4O5S/c1-17(2)27-30-25(31-37-27)14-19-5-8-20(9-6-19)29-26(33)16-36-22-10-12-23(13-11-22)38(34,35)32-21-7-4-18(3)24(28)15-21/h4-13,15,17,32H,14,16H2,1-3H3,(H,29,33). The van der Waals surface area contributed by atoms with Crippen LogP contribution >= 0.6 is 11.6 Å². The van der Waals surface area contributed by atoms with E-state index >= 15 is 0 Å². The molecule has 198 valence electrons. The van der Waals surface area contributed by atoms with E-state index in [4.69, 9.17) is 20.9 Å². The zero-order chi connectivity index (χ0) is 27.3. The fourth-order valence-corrected chi connectivity index (χ4v) is 4.62. The third-order valence-electron chi connectivity index (χ3n) is 5.51. The summed E-state index contributed by atoms with van der Waals surface area (Å²) in [6.07, 6.45) is 0.521. The van der Waals surface area contributed by atoms with Gasteiger partial charge in [0.1, 0.15) is 5.75 Å². The van der Waals surface area contributed by atoms with Gasteiger partial charge in [-0.25, -0.2) is 8.42 Å². The Morgan fingerprint density at radius 2 is 1.71 bits per heavy atom. The van der Waals surface area contributed by atoms with Crippen LogP contribution in [0.1, 0.15) is 42.6 Å². The molecule has 0 saturated heterocycles. The number of hydrogen-bond donors (Lipinski definition) is 2. The normalized spacial score (nSPS) is 11.4. The predicted molar refractivity (Wildman–Crippen MR) is 145 cm³/mol. The molecule has 1 heterocycles. The molecule has 0 aliphatic rings. The number of anilines is 2. The third-order valence-corrected chi connectivity index (χ3v) is 7.31. The number of aryl methyl sites for hydroxylation is 1. The number of benzene rings is 3. The van der Waals surface area contributed by atoms with Gasteiger partial charge in [0.2, 0.25) is 5.89 Å². The van der Waals surface area contributed by atoms with E-state index in [1.807, 2.05) is 32.9 Å². The first-order valence-corrected chi connectivity index (χ1v) is 13.7. The molecular weight excluding hydrogens is 528 g/mol. The lowest BCUT2D eigenvalue weighted by Crippen LogP contribution is -2.20. The second-order valence-electron chi connectivity index (χ2n) is 8.95. The predicted octanol–water partition coefficient (Wildman–Crippen LogP) is 5.56. The zero-order valence-electron chi connectivity index (χ0n) is 21.1. The van der Waals surface area contributed by atoms with Gasteiger partial charge in [0.25, 0.3) is 15.9 Å². The molecule has 3 aromatic carbocycles. The first kappa shape index (κ1) is 27.2. The van der Waals surface area contributed by atoms with Crippen LogP contribution < -0.4 is 14.8 Å². The Kier molecular flexibility index (Phi) is 8.33. The van der Waals surface area contributed by atoms with Crippen molar-refractivity contribution < 1.29 is 22.5 Å². The van der Waals surface area contributed by atoms with E-state index < -0.39 is 10.0 Å². The lowest BCUT2D eigenvalue weighted by Gasteiger charge is -2.11. The lowest BCUT2D eigenvalue weighted by atomic mass is 10.1. The van der Waals surface area contributed by atoms with Crippen molar-refractivity contribution in [3.8, 4) is 5.75 Å². The molecule has 0 fully saturated rings. The van der Waals surface area contributed by atoms with Crippen LogP contribution in [0.2, 0.25) is 5.02 Å². The number of halogens is 1. The van der Waals surface area contributed by atoms with Crippen LogP contribution in [0.15, 0.2) is 76.1 Å². The summed E-state index contributed by atoms with van der Waals surface area (Å²) in [6, 6.07) is 18.0. The number of carbonyl (C=O) groups is 1. The molecule has 0 aliphatic carbocycles. The SMILES string of the molecule is Cc1ccc(NS(=O)(=O)c2ccc(OCC(=O)Nc3ccc(Cc4noc(C(C)C)n4)cc3)cc2)cc1Cl. The van der Waals surface area contributed by atoms with Crippen molar-refractivity contribution in [3.05, 3.63) is 94.6 Å². The van der Waals surface area contributed by atoms with Gasteiger partial charge in [0.15, 0.2) is 12.4 Å². The van der Waals surface area contributed by atoms with E-state index in [2.05, 4.69) is 20.2 Å². The molecule has 0 unspecified atom stereocenters. The van der Waals surface area contributed by atoms with Gasteiger partial charge in [-0.15, -0.1) is 0 Å². The second kappa shape index (κ2) is 11.7. The number of hydrogen-bond acceptors (Lipinski definition) is 7. The molecule has 0 saturated carbocycles. The minimum absolute atomic E-state index is 0.0485. The van der Waals surface area contributed by atoms with Crippen molar-refractivity contribution in [2.75, 3.05) is 16.6 Å². The molecule has 38 heavy (non-hydrogen) atoms. The Morgan fingerprint density at radius 1 is 1.03 bits per heavy atom. The second-order valence-corrected chi connectivity index (χ2v) is 11.0. The number of aromatic nitrogens is 2. The number of ether oxygens (including phenoxy) is 1. The van der Waals surface area contributed by atoms with Crippen molar-refractivity contribution in [2.45, 2.75) is 38.0 Å². The molecular formula is C27H27ClN4O5S. The van der Waals surface area contributed by atoms with Crippen LogP contribution in [0, 0.1) is 6.92 Å². The number of amides is 1. The Balaban J connectivity index is 1.27. The Bertz CT molecular complexity index is 1520. The van der Waals surface area contributed by atoms with E-state index in [0.29, 0.717) is 40.3 Å². The van der Waals surface area contributed by atoms with Crippen LogP contribution in [0.25, 0.3) is 0 Å². The minimum Gasteiger partial charge on any atom is -0.484 e. The highest BCUT2D eigenvalue weighted by atomic mass is 35.5. The summed E-state index contributed by atoms with van der Waals surface area (Å²) < 4.78 is 38.5. The third kappa shape index (κ3) is 7.11. The molecule has 9 nitrogen and oxygen atoms in total. The number of rotatable bonds is 10. The van der Waals surface area contributed by atoms with Gasteiger partial charge in [-0.3, -0.25) is 9.52 Å². The fourth-order valence-electron chi connectivity index (χ4n) is 3.39. The van der Waals surface area contributed by atoms with Crippen LogP contribution in [0.4, 0.5) is 11.4 Å². The molecule has 0 spiro atoms. The molecule has 4 aromatic rings. The van der Waals surface area contributed by atoms with Gasteiger partial charge in [-0.05, 0) is 66.6 Å². The first-order valence-electron chi connectivity index (χ1n) is 11.8. The van der Waals surface area contributed by atoms with E-state index in [0.717, 1.165) is 11.1 Å². The van der Waals surface area contributed by atoms with Crippen molar-refractivity contribution in [1.29, 1.82) is 0 Å². The Morgan fingerprint density at radius 3 is 2.34 bits per heavy atom. The maximum atomic E-state index is 12.7. The highest BCUT2D eigenvalue weighted by molar-refractivity contribution is 7.92. The van der Waals surface area contributed by atoms with Gasteiger partial charge in [0, 0.05) is 23.0 Å². The lowest BCUT2D eigenvalue weighted by molar-refractivity contribution is -0.118. The van der Waals surface area contributed by atoms with E-state index in [1.54, 1.807) is 30.3 Å². The topological polar surface area (TPSA) is 123 Å². The highest BCUT2D eigenvalue weighted by Gasteiger charge is 2.15. The van der Waals surface area contributed by atoms with Gasteiger partial charge in [-0.2, -0.15) is 4.98 Å². The van der Waals surface area contributed by atoms with Crippen molar-refractivity contribution in [2.24, 2.45) is 0 Å². The van der Waals surface area contributed by atoms with Gasteiger partial charge < -0.3 is 14.6 Å². The fraction of sp³-hybridized carbons (Fsp3) is 0.222. The van der Waals surface area contributed by atoms with Crippen molar-refractivity contribution >= 4 is 38.9 Å². The molecule has 1 aromatic heterocycles. The molecule has 1 amide bonds. The molecule has 0 radical (unpaired) electrons. The molecule has 11 heteroatoms. The van der Waals surface area contributed by atoms with Gasteiger partial charge >= 0.3 is 0 Å². The Labute approximate surface area is 226 Å². The molecule has 2 N–H and O–H groups in total. The molecule has 0 aliphatic heterocycles. The highest BCUT2D eigenvalue weighted by Crippen LogP contribution is 2.24. The zero-order valence-corrected chi connectivity index (χ0v) is 22.6. The van der Waals surface area contributed by atoms with Gasteiger partial charge in [0.05, 0.1) is 10.6 Å². The maximum Gasteiger partial charge on any atom is 0.262 e. The van der Waals surface area contributed by atoms with E-state index in [-0.39, 0.29) is 23.3 Å². The number of nitrogens with zero attached hydrogens (tertiary/aromatic N) is 2.